The summed E-state index contributed by atoms with van der Waals surface area (Å²) < 4.78 is 22.0. The van der Waals surface area contributed by atoms with Crippen molar-refractivity contribution < 1.29 is 38.1 Å². The fourth-order valence-electron chi connectivity index (χ4n) is 4.11. The molecule has 1 aromatic rings. The van der Waals surface area contributed by atoms with Gasteiger partial charge in [-0.05, 0) is 18.6 Å². The van der Waals surface area contributed by atoms with Gasteiger partial charge in [-0.2, -0.15) is 0 Å². The molecule has 0 saturated carbocycles. The van der Waals surface area contributed by atoms with Crippen LogP contribution in [-0.2, 0) is 33.3 Å². The van der Waals surface area contributed by atoms with Gasteiger partial charge in [0.15, 0.2) is 18.3 Å². The van der Waals surface area contributed by atoms with Gasteiger partial charge in [0.05, 0.1) is 11.6 Å². The van der Waals surface area contributed by atoms with Crippen molar-refractivity contribution in [2.75, 3.05) is 13.1 Å². The lowest BCUT2D eigenvalue weighted by atomic mass is 9.92. The molecule has 0 radical (unpaired) electrons. The number of piperidine rings is 1. The maximum absolute atomic E-state index is 12.6. The molecule has 1 aromatic carbocycles. The third-order valence-corrected chi connectivity index (χ3v) is 5.13. The smallest absolute Gasteiger partial charge is 0.338 e. The Balaban J connectivity index is 1.89. The van der Waals surface area contributed by atoms with Crippen LogP contribution in [0.1, 0.15) is 37.6 Å². The minimum atomic E-state index is -1.03. The Hall–Kier alpha value is -2.94. The number of carbonyl (C=O) groups excluding carboxylic acids is 4. The first kappa shape index (κ1) is 21.8. The number of nitrogens with zero attached hydrogens (tertiary/aromatic N) is 1. The second-order valence-corrected chi connectivity index (χ2v) is 7.38. The number of hydrogen-bond acceptors (Lipinski definition) is 9. The van der Waals surface area contributed by atoms with Gasteiger partial charge in [-0.1, -0.05) is 18.2 Å². The molecule has 162 valence electrons. The Bertz CT molecular complexity index is 810. The van der Waals surface area contributed by atoms with Gasteiger partial charge < -0.3 is 18.9 Å². The molecule has 0 unspecified atom stereocenters. The molecule has 0 N–H and O–H groups in total. The zero-order chi connectivity index (χ0) is 21.8. The molecule has 9 nitrogen and oxygen atoms in total. The van der Waals surface area contributed by atoms with E-state index >= 15 is 0 Å². The third kappa shape index (κ3) is 4.96. The van der Waals surface area contributed by atoms with Gasteiger partial charge in [0.25, 0.3) is 0 Å². The molecule has 2 saturated heterocycles. The van der Waals surface area contributed by atoms with Gasteiger partial charge >= 0.3 is 23.9 Å². The van der Waals surface area contributed by atoms with E-state index in [2.05, 4.69) is 0 Å². The highest BCUT2D eigenvalue weighted by molar-refractivity contribution is 5.89. The first-order chi connectivity index (χ1) is 14.3. The van der Waals surface area contributed by atoms with Gasteiger partial charge in [0, 0.05) is 33.9 Å². The Morgan fingerprint density at radius 1 is 0.800 bits per heavy atom. The van der Waals surface area contributed by atoms with Crippen LogP contribution < -0.4 is 0 Å². The summed E-state index contributed by atoms with van der Waals surface area (Å²) in [5.41, 5.74) is 0.351. The maximum atomic E-state index is 12.6. The molecule has 3 rings (SSSR count). The molecule has 2 heterocycles. The molecular weight excluding hydrogens is 394 g/mol. The number of benzene rings is 1. The number of esters is 4. The Morgan fingerprint density at radius 2 is 1.40 bits per heavy atom. The van der Waals surface area contributed by atoms with E-state index in [4.69, 9.17) is 18.9 Å². The summed E-state index contributed by atoms with van der Waals surface area (Å²) in [6.07, 6.45) is -2.86. The quantitative estimate of drug-likeness (QED) is 0.512. The van der Waals surface area contributed by atoms with E-state index in [1.165, 1.54) is 20.8 Å². The van der Waals surface area contributed by atoms with Crippen molar-refractivity contribution in [2.45, 2.75) is 57.6 Å². The van der Waals surface area contributed by atoms with Crippen molar-refractivity contribution in [3.8, 4) is 0 Å². The molecule has 30 heavy (non-hydrogen) atoms. The topological polar surface area (TPSA) is 108 Å². The third-order valence-electron chi connectivity index (χ3n) is 5.13. The number of hydrogen-bond donors (Lipinski definition) is 0. The van der Waals surface area contributed by atoms with Crippen molar-refractivity contribution in [3.63, 3.8) is 0 Å². The average molecular weight is 419 g/mol. The lowest BCUT2D eigenvalue weighted by molar-refractivity contribution is -0.199. The van der Waals surface area contributed by atoms with Gasteiger partial charge in [0.1, 0.15) is 6.10 Å². The van der Waals surface area contributed by atoms with Crippen LogP contribution in [-0.4, -0.2) is 72.3 Å². The number of rotatable bonds is 5. The van der Waals surface area contributed by atoms with E-state index in [1.54, 1.807) is 30.3 Å². The first-order valence-electron chi connectivity index (χ1n) is 9.78. The van der Waals surface area contributed by atoms with Crippen LogP contribution in [0.2, 0.25) is 0 Å². The largest absolute Gasteiger partial charge is 0.461 e. The van der Waals surface area contributed by atoms with Crippen LogP contribution in [0, 0.1) is 0 Å². The van der Waals surface area contributed by atoms with E-state index in [1.807, 2.05) is 4.90 Å². The minimum Gasteiger partial charge on any atom is -0.461 e. The molecule has 2 fully saturated rings. The number of carbonyl (C=O) groups is 4. The van der Waals surface area contributed by atoms with Gasteiger partial charge in [-0.15, -0.1) is 0 Å². The fraction of sp³-hybridized carbons (Fsp3) is 0.524. The zero-order valence-electron chi connectivity index (χ0n) is 17.1. The first-order valence-corrected chi connectivity index (χ1v) is 9.78. The average Bonchev–Trinajstić information content (AvgIpc) is 3.06. The van der Waals surface area contributed by atoms with Crippen molar-refractivity contribution in [1.29, 1.82) is 0 Å². The summed E-state index contributed by atoms with van der Waals surface area (Å²) in [5, 5.41) is 0. The molecule has 5 atom stereocenters. The van der Waals surface area contributed by atoms with Crippen molar-refractivity contribution in [3.05, 3.63) is 35.9 Å². The summed E-state index contributed by atoms with van der Waals surface area (Å²) in [4.78, 5) is 49.7. The maximum Gasteiger partial charge on any atom is 0.338 e. The molecule has 0 amide bonds. The van der Waals surface area contributed by atoms with Crippen LogP contribution in [0.5, 0.6) is 0 Å². The van der Waals surface area contributed by atoms with E-state index in [9.17, 15) is 19.2 Å². The summed E-state index contributed by atoms with van der Waals surface area (Å²) in [5.74, 6) is -2.22. The highest BCUT2D eigenvalue weighted by Gasteiger charge is 2.55. The highest BCUT2D eigenvalue weighted by Crippen LogP contribution is 2.34. The van der Waals surface area contributed by atoms with Gasteiger partial charge in [0.2, 0.25) is 0 Å². The molecule has 0 spiro atoms. The molecule has 9 heteroatoms. The zero-order valence-corrected chi connectivity index (χ0v) is 17.1. The van der Waals surface area contributed by atoms with Crippen LogP contribution in [0.3, 0.4) is 0 Å². The monoisotopic (exact) mass is 419 g/mol. The summed E-state index contributed by atoms with van der Waals surface area (Å²) >= 11 is 0. The van der Waals surface area contributed by atoms with Crippen LogP contribution in [0.25, 0.3) is 0 Å². The van der Waals surface area contributed by atoms with Crippen LogP contribution in [0.4, 0.5) is 0 Å². The van der Waals surface area contributed by atoms with Gasteiger partial charge in [-0.3, -0.25) is 19.3 Å². The molecule has 0 aliphatic carbocycles. The number of ether oxygens (including phenoxy) is 4. The van der Waals surface area contributed by atoms with Gasteiger partial charge in [-0.25, -0.2) is 4.79 Å². The van der Waals surface area contributed by atoms with Crippen molar-refractivity contribution >= 4 is 23.9 Å². The normalized spacial score (nSPS) is 28.2. The molecule has 2 aliphatic rings. The van der Waals surface area contributed by atoms with E-state index < -0.39 is 54.3 Å². The second kappa shape index (κ2) is 9.25. The summed E-state index contributed by atoms with van der Waals surface area (Å²) in [6, 6.07) is 7.93. The van der Waals surface area contributed by atoms with E-state index in [-0.39, 0.29) is 6.54 Å². The molecule has 2 aliphatic heterocycles. The summed E-state index contributed by atoms with van der Waals surface area (Å²) in [6.45, 7) is 4.57. The molecule has 0 bridgehead atoms. The predicted molar refractivity (Wildman–Crippen MR) is 102 cm³/mol. The highest BCUT2D eigenvalue weighted by atomic mass is 16.6. The lowest BCUT2D eigenvalue weighted by Crippen LogP contribution is -2.64. The van der Waals surface area contributed by atoms with Crippen molar-refractivity contribution in [2.24, 2.45) is 0 Å². The van der Waals surface area contributed by atoms with Crippen LogP contribution in [0.15, 0.2) is 30.3 Å². The SMILES string of the molecule is CC(=O)O[C@H]1[C@H](OC(C)=O)[C@@H](OC(=O)c2ccccc2)CN2CC[C@H](OC(C)=O)[C@H]12. The Kier molecular flexibility index (Phi) is 6.71. The minimum absolute atomic E-state index is 0.247. The van der Waals surface area contributed by atoms with E-state index in [0.717, 1.165) is 0 Å². The lowest BCUT2D eigenvalue weighted by Gasteiger charge is -2.45. The standard InChI is InChI=1S/C21H25NO8/c1-12(23)27-16-9-10-22-11-17(30-21(26)15-7-5-4-6-8-15)19(28-13(2)24)20(18(16)22)29-14(3)25/h4-8,16-20H,9-11H2,1-3H3/t16-,17-,18+,19+,20+/m0/s1. The fourth-order valence-corrected chi connectivity index (χ4v) is 4.11. The van der Waals surface area contributed by atoms with Crippen LogP contribution >= 0.6 is 0 Å². The van der Waals surface area contributed by atoms with Crippen molar-refractivity contribution in [1.82, 2.24) is 4.90 Å². The number of fused-ring (bicyclic) bond motifs is 1. The molecule has 0 aromatic heterocycles. The molecular formula is C21H25NO8. The predicted octanol–water partition coefficient (Wildman–Crippen LogP) is 1.09. The Morgan fingerprint density at radius 3 is 2.00 bits per heavy atom. The second-order valence-electron chi connectivity index (χ2n) is 7.38. The summed E-state index contributed by atoms with van der Waals surface area (Å²) in [7, 11) is 0. The van der Waals surface area contributed by atoms with E-state index in [0.29, 0.717) is 18.5 Å². The Labute approximate surface area is 174 Å².